The van der Waals surface area contributed by atoms with Gasteiger partial charge in [0.2, 0.25) is 23.6 Å². The summed E-state index contributed by atoms with van der Waals surface area (Å²) < 4.78 is 0. The highest BCUT2D eigenvalue weighted by Crippen LogP contribution is 2.28. The third-order valence-electron chi connectivity index (χ3n) is 12.7. The van der Waals surface area contributed by atoms with Crippen LogP contribution < -0.4 is 26.2 Å². The Kier molecular flexibility index (Phi) is 14.5. The van der Waals surface area contributed by atoms with Crippen LogP contribution in [0.15, 0.2) is 78.9 Å². The maximum Gasteiger partial charge on any atom is 0.318 e. The lowest BCUT2D eigenvalue weighted by Crippen LogP contribution is -2.60. The topological polar surface area (TPSA) is 167 Å². The van der Waals surface area contributed by atoms with Gasteiger partial charge in [-0.3, -0.25) is 19.2 Å². The van der Waals surface area contributed by atoms with Gasteiger partial charge >= 0.3 is 12.1 Å². The van der Waals surface area contributed by atoms with Crippen LogP contribution in [0.2, 0.25) is 0 Å². The summed E-state index contributed by atoms with van der Waals surface area (Å²) >= 11 is 0. The molecule has 4 saturated heterocycles. The number of urea groups is 2. The molecule has 8 amide bonds. The zero-order valence-electron chi connectivity index (χ0n) is 37.1. The SMILES string of the molecule is CC(C)[C@@H](C(=O)N1CCC[C@H]1C(=O)Nc1ccc(CN(Cc2ccc(NC(=O)[C@@H]3CCCN3C(=O)[C@H](C(C)C)N3CCCNC3=O)cc2)c2ccccc2)cc1)N1CCCNC1=O. The van der Waals surface area contributed by atoms with Crippen molar-refractivity contribution < 1.29 is 28.8 Å². The molecule has 4 aliphatic rings. The van der Waals surface area contributed by atoms with Crippen molar-refractivity contribution in [3.8, 4) is 0 Å². The van der Waals surface area contributed by atoms with Crippen molar-refractivity contribution in [1.82, 2.24) is 30.2 Å². The van der Waals surface area contributed by atoms with E-state index in [1.165, 1.54) is 0 Å². The maximum absolute atomic E-state index is 13.9. The Morgan fingerprint density at radius 2 is 1.00 bits per heavy atom. The van der Waals surface area contributed by atoms with E-state index >= 15 is 0 Å². The summed E-state index contributed by atoms with van der Waals surface area (Å²) in [6.45, 7) is 12.1. The molecular formula is C48H63N9O6. The van der Waals surface area contributed by atoms with Crippen molar-refractivity contribution in [2.45, 2.75) is 103 Å². The summed E-state index contributed by atoms with van der Waals surface area (Å²) in [5, 5.41) is 11.8. The minimum Gasteiger partial charge on any atom is -0.363 e. The molecule has 0 radical (unpaired) electrons. The van der Waals surface area contributed by atoms with Crippen molar-refractivity contribution >= 4 is 52.8 Å². The standard InChI is InChI=1S/C48H63N9O6/c1-32(2)41(56-28-10-24-49-47(56)62)45(60)54-26-8-14-39(54)43(58)51-36-20-16-34(17-21-36)30-53(38-12-6-5-7-13-38)31-35-18-22-37(23-19-35)52-44(59)40-15-9-27-55(40)46(61)42(33(3)4)57-29-11-25-50-48(57)63/h5-7,12-13,16-23,32-33,39-42H,8-11,14-15,24-31H2,1-4H3,(H,49,62)(H,50,63)(H,51,58)(H,52,59)/t39-,40-,41-,42-/m0/s1. The van der Waals surface area contributed by atoms with E-state index in [0.717, 1.165) is 42.5 Å². The molecule has 0 bridgehead atoms. The molecule has 4 fully saturated rings. The highest BCUT2D eigenvalue weighted by atomic mass is 16.2. The fourth-order valence-electron chi connectivity index (χ4n) is 9.49. The number of rotatable bonds is 15. The zero-order chi connectivity index (χ0) is 44.6. The minimum absolute atomic E-state index is 0.102. The largest absolute Gasteiger partial charge is 0.363 e. The average Bonchev–Trinajstić information content (AvgIpc) is 3.98. The highest BCUT2D eigenvalue weighted by molar-refractivity contribution is 6.00. The number of nitrogens with one attached hydrogen (secondary N) is 4. The van der Waals surface area contributed by atoms with Crippen molar-refractivity contribution in [1.29, 1.82) is 0 Å². The van der Waals surface area contributed by atoms with Gasteiger partial charge in [-0.2, -0.15) is 0 Å². The molecule has 4 heterocycles. The normalized spacial score (nSPS) is 20.0. The van der Waals surface area contributed by atoms with Crippen molar-refractivity contribution in [2.75, 3.05) is 54.8 Å². The zero-order valence-corrected chi connectivity index (χ0v) is 37.1. The summed E-state index contributed by atoms with van der Waals surface area (Å²) in [7, 11) is 0. The lowest BCUT2D eigenvalue weighted by molar-refractivity contribution is -0.142. The Balaban J connectivity index is 0.963. The number of benzene rings is 3. The molecule has 4 atom stereocenters. The van der Waals surface area contributed by atoms with Crippen LogP contribution in [0.1, 0.15) is 77.3 Å². The Bertz CT molecular complexity index is 1970. The predicted octanol–water partition coefficient (Wildman–Crippen LogP) is 5.63. The number of nitrogens with zero attached hydrogens (tertiary/aromatic N) is 5. The van der Waals surface area contributed by atoms with E-state index in [1.807, 2.05) is 94.4 Å². The highest BCUT2D eigenvalue weighted by Gasteiger charge is 2.43. The first-order valence-corrected chi connectivity index (χ1v) is 22.7. The van der Waals surface area contributed by atoms with Gasteiger partial charge in [0.25, 0.3) is 0 Å². The Hall–Kier alpha value is -6.12. The molecule has 4 aliphatic heterocycles. The molecule has 0 aromatic heterocycles. The van der Waals surface area contributed by atoms with E-state index in [1.54, 1.807) is 19.6 Å². The summed E-state index contributed by atoms with van der Waals surface area (Å²) in [6.07, 6.45) is 4.10. The van der Waals surface area contributed by atoms with Gasteiger partial charge in [-0.1, -0.05) is 70.2 Å². The maximum atomic E-state index is 13.9. The third kappa shape index (κ3) is 10.6. The van der Waals surface area contributed by atoms with Crippen LogP contribution in [0.3, 0.4) is 0 Å². The summed E-state index contributed by atoms with van der Waals surface area (Å²) in [5.74, 6) is -1.03. The number of hydrogen-bond donors (Lipinski definition) is 4. The molecule has 0 saturated carbocycles. The lowest BCUT2D eigenvalue weighted by atomic mass is 9.99. The van der Waals surface area contributed by atoms with Gasteiger partial charge in [0, 0.05) is 69.4 Å². The molecule has 0 spiro atoms. The first-order valence-electron chi connectivity index (χ1n) is 22.7. The van der Waals surface area contributed by atoms with Gasteiger partial charge in [-0.15, -0.1) is 0 Å². The van der Waals surface area contributed by atoms with Crippen LogP contribution in [0.4, 0.5) is 26.7 Å². The second-order valence-corrected chi connectivity index (χ2v) is 17.9. The molecule has 15 heteroatoms. The molecule has 336 valence electrons. The number of carbonyl (C=O) groups excluding carboxylic acids is 6. The monoisotopic (exact) mass is 861 g/mol. The molecule has 63 heavy (non-hydrogen) atoms. The van der Waals surface area contributed by atoms with Gasteiger partial charge in [0.05, 0.1) is 0 Å². The fourth-order valence-corrected chi connectivity index (χ4v) is 9.49. The summed E-state index contributed by atoms with van der Waals surface area (Å²) in [4.78, 5) is 89.3. The van der Waals surface area contributed by atoms with E-state index in [-0.39, 0.29) is 47.5 Å². The Morgan fingerprint density at radius 1 is 0.587 bits per heavy atom. The van der Waals surface area contributed by atoms with Crippen LogP contribution >= 0.6 is 0 Å². The average molecular weight is 862 g/mol. The van der Waals surface area contributed by atoms with E-state index < -0.39 is 24.2 Å². The smallest absolute Gasteiger partial charge is 0.318 e. The first-order chi connectivity index (χ1) is 30.4. The van der Waals surface area contributed by atoms with Crippen LogP contribution in [0, 0.1) is 11.8 Å². The van der Waals surface area contributed by atoms with Gasteiger partial charge < -0.3 is 45.8 Å². The number of anilines is 3. The quantitative estimate of drug-likeness (QED) is 0.154. The molecular weight excluding hydrogens is 799 g/mol. The number of hydrogen-bond acceptors (Lipinski definition) is 7. The van der Waals surface area contributed by atoms with Crippen LogP contribution in [0.25, 0.3) is 0 Å². The summed E-state index contributed by atoms with van der Waals surface area (Å²) in [6, 6.07) is 22.7. The van der Waals surface area contributed by atoms with Crippen molar-refractivity contribution in [3.63, 3.8) is 0 Å². The minimum atomic E-state index is -0.628. The molecule has 3 aromatic carbocycles. The molecule has 0 unspecified atom stereocenters. The predicted molar refractivity (Wildman–Crippen MR) is 243 cm³/mol. The Morgan fingerprint density at radius 3 is 1.38 bits per heavy atom. The van der Waals surface area contributed by atoms with E-state index in [4.69, 9.17) is 0 Å². The summed E-state index contributed by atoms with van der Waals surface area (Å²) in [5.41, 5.74) is 4.39. The second kappa shape index (κ2) is 20.4. The molecule has 4 N–H and O–H groups in total. The number of carbonyl (C=O) groups is 6. The van der Waals surface area contributed by atoms with Crippen LogP contribution in [-0.4, -0.2) is 119 Å². The first kappa shape index (κ1) is 44.9. The van der Waals surface area contributed by atoms with E-state index in [0.29, 0.717) is 76.6 Å². The second-order valence-electron chi connectivity index (χ2n) is 17.9. The molecule has 7 rings (SSSR count). The van der Waals surface area contributed by atoms with E-state index in [9.17, 15) is 28.8 Å². The van der Waals surface area contributed by atoms with Gasteiger partial charge in [0.1, 0.15) is 24.2 Å². The fraction of sp³-hybridized carbons (Fsp3) is 0.500. The van der Waals surface area contributed by atoms with Crippen LogP contribution in [0.5, 0.6) is 0 Å². The molecule has 15 nitrogen and oxygen atoms in total. The van der Waals surface area contributed by atoms with Crippen LogP contribution in [-0.2, 0) is 32.3 Å². The van der Waals surface area contributed by atoms with Gasteiger partial charge in [0.15, 0.2) is 0 Å². The van der Waals surface area contributed by atoms with Crippen molar-refractivity contribution in [2.24, 2.45) is 11.8 Å². The number of amides is 8. The van der Waals surface area contributed by atoms with Gasteiger partial charge in [-0.25, -0.2) is 9.59 Å². The molecule has 3 aromatic rings. The Labute approximate surface area is 370 Å². The van der Waals surface area contributed by atoms with E-state index in [2.05, 4.69) is 38.3 Å². The number of para-hydroxylation sites is 1. The van der Waals surface area contributed by atoms with Gasteiger partial charge in [-0.05, 0) is 97.9 Å². The number of likely N-dealkylation sites (tertiary alicyclic amines) is 2. The lowest BCUT2D eigenvalue weighted by Gasteiger charge is -2.39. The van der Waals surface area contributed by atoms with Crippen molar-refractivity contribution in [3.05, 3.63) is 90.0 Å². The third-order valence-corrected chi connectivity index (χ3v) is 12.7. The molecule has 0 aliphatic carbocycles.